The number of furan rings is 1. The summed E-state index contributed by atoms with van der Waals surface area (Å²) in [4.78, 5) is 0. The summed E-state index contributed by atoms with van der Waals surface area (Å²) in [7, 11) is 0. The van der Waals surface area contributed by atoms with E-state index in [1.54, 1.807) is 0 Å². The van der Waals surface area contributed by atoms with E-state index in [1.165, 1.54) is 0 Å². The highest BCUT2D eigenvalue weighted by atomic mass is 16.4. The molecule has 0 saturated carbocycles. The van der Waals surface area contributed by atoms with Gasteiger partial charge in [0.2, 0.25) is 0 Å². The highest BCUT2D eigenvalue weighted by Crippen LogP contribution is 2.36. The molecule has 76 valence electrons. The van der Waals surface area contributed by atoms with Crippen molar-refractivity contribution >= 4 is 5.71 Å². The van der Waals surface area contributed by atoms with Crippen molar-refractivity contribution in [3.05, 3.63) is 23.2 Å². The second-order valence-corrected chi connectivity index (χ2v) is 4.53. The van der Waals surface area contributed by atoms with Crippen molar-refractivity contribution in [3.63, 3.8) is 0 Å². The van der Waals surface area contributed by atoms with Gasteiger partial charge in [-0.2, -0.15) is 0 Å². The number of nitrogens with zero attached hydrogens (tertiary/aromatic N) is 1. The molecule has 0 radical (unpaired) electrons. The molecule has 3 heteroatoms. The summed E-state index contributed by atoms with van der Waals surface area (Å²) in [5.41, 5.74) is 1.66. The third-order valence-electron chi connectivity index (χ3n) is 2.91. The molecular formula is C11H15NO2. The number of aryl methyl sites for hydroxylation is 2. The topological polar surface area (TPSA) is 45.7 Å². The van der Waals surface area contributed by atoms with Crippen molar-refractivity contribution in [3.8, 4) is 0 Å². The van der Waals surface area contributed by atoms with Crippen LogP contribution in [0, 0.1) is 12.3 Å². The SMILES string of the molecule is Cc1cc2c(o1)CCC(C)(C)/C2=N/O. The van der Waals surface area contributed by atoms with Gasteiger partial charge in [-0.1, -0.05) is 19.0 Å². The molecule has 0 atom stereocenters. The van der Waals surface area contributed by atoms with Crippen LogP contribution in [0.15, 0.2) is 15.6 Å². The van der Waals surface area contributed by atoms with Gasteiger partial charge in [0.1, 0.15) is 11.5 Å². The first kappa shape index (κ1) is 9.31. The first-order valence-electron chi connectivity index (χ1n) is 4.87. The molecule has 0 fully saturated rings. The Morgan fingerprint density at radius 3 is 2.86 bits per heavy atom. The lowest BCUT2D eigenvalue weighted by atomic mass is 9.75. The van der Waals surface area contributed by atoms with Crippen LogP contribution in [0.1, 0.15) is 37.4 Å². The highest BCUT2D eigenvalue weighted by molar-refractivity contribution is 6.05. The molecule has 0 unspecified atom stereocenters. The van der Waals surface area contributed by atoms with Crippen molar-refractivity contribution < 1.29 is 9.62 Å². The van der Waals surface area contributed by atoms with E-state index in [0.717, 1.165) is 35.6 Å². The first-order valence-corrected chi connectivity index (χ1v) is 4.87. The average molecular weight is 193 g/mol. The zero-order valence-electron chi connectivity index (χ0n) is 8.79. The van der Waals surface area contributed by atoms with Gasteiger partial charge in [-0.05, 0) is 19.4 Å². The Morgan fingerprint density at radius 1 is 1.50 bits per heavy atom. The van der Waals surface area contributed by atoms with Crippen LogP contribution in [0.5, 0.6) is 0 Å². The van der Waals surface area contributed by atoms with Crippen molar-refractivity contribution in [1.82, 2.24) is 0 Å². The molecule has 14 heavy (non-hydrogen) atoms. The van der Waals surface area contributed by atoms with Gasteiger partial charge < -0.3 is 9.62 Å². The van der Waals surface area contributed by atoms with Gasteiger partial charge in [0, 0.05) is 17.4 Å². The summed E-state index contributed by atoms with van der Waals surface area (Å²) in [6.45, 7) is 6.10. The minimum absolute atomic E-state index is 0.0575. The lowest BCUT2D eigenvalue weighted by Gasteiger charge is -2.29. The third kappa shape index (κ3) is 1.24. The Bertz CT molecular complexity index is 388. The molecule has 3 nitrogen and oxygen atoms in total. The lowest BCUT2D eigenvalue weighted by molar-refractivity contribution is 0.303. The van der Waals surface area contributed by atoms with E-state index in [4.69, 9.17) is 9.62 Å². The molecule has 0 spiro atoms. The van der Waals surface area contributed by atoms with E-state index in [9.17, 15) is 0 Å². The third-order valence-corrected chi connectivity index (χ3v) is 2.91. The molecule has 2 rings (SSSR count). The van der Waals surface area contributed by atoms with Crippen LogP contribution in [-0.4, -0.2) is 10.9 Å². The normalized spacial score (nSPS) is 22.4. The summed E-state index contributed by atoms with van der Waals surface area (Å²) in [6, 6.07) is 1.95. The van der Waals surface area contributed by atoms with Crippen LogP contribution in [-0.2, 0) is 6.42 Å². The second kappa shape index (κ2) is 2.87. The maximum atomic E-state index is 9.03. The molecule has 1 aromatic rings. The molecule has 0 aromatic carbocycles. The Balaban J connectivity index is 2.56. The molecule has 1 heterocycles. The van der Waals surface area contributed by atoms with Crippen LogP contribution in [0.3, 0.4) is 0 Å². The van der Waals surface area contributed by atoms with Crippen LogP contribution in [0.4, 0.5) is 0 Å². The summed E-state index contributed by atoms with van der Waals surface area (Å²) < 4.78 is 5.54. The van der Waals surface area contributed by atoms with Gasteiger partial charge >= 0.3 is 0 Å². The average Bonchev–Trinajstić information content (AvgIpc) is 2.44. The smallest absolute Gasteiger partial charge is 0.113 e. The molecule has 1 aromatic heterocycles. The Hall–Kier alpha value is -1.25. The van der Waals surface area contributed by atoms with Crippen LogP contribution < -0.4 is 0 Å². The maximum Gasteiger partial charge on any atom is 0.113 e. The summed E-state index contributed by atoms with van der Waals surface area (Å²) in [5.74, 6) is 1.84. The summed E-state index contributed by atoms with van der Waals surface area (Å²) >= 11 is 0. The van der Waals surface area contributed by atoms with Crippen LogP contribution >= 0.6 is 0 Å². The lowest BCUT2D eigenvalue weighted by Crippen LogP contribution is -2.30. The monoisotopic (exact) mass is 193 g/mol. The van der Waals surface area contributed by atoms with Gasteiger partial charge in [0.15, 0.2) is 0 Å². The van der Waals surface area contributed by atoms with E-state index in [2.05, 4.69) is 19.0 Å². The van der Waals surface area contributed by atoms with Gasteiger partial charge in [-0.25, -0.2) is 0 Å². The minimum Gasteiger partial charge on any atom is -0.466 e. The minimum atomic E-state index is -0.0575. The first-order chi connectivity index (χ1) is 6.54. The molecule has 1 aliphatic carbocycles. The van der Waals surface area contributed by atoms with Gasteiger partial charge in [0.25, 0.3) is 0 Å². The zero-order valence-corrected chi connectivity index (χ0v) is 8.79. The molecule has 1 aliphatic rings. The predicted molar refractivity (Wildman–Crippen MR) is 53.9 cm³/mol. The Morgan fingerprint density at radius 2 is 2.21 bits per heavy atom. The van der Waals surface area contributed by atoms with Gasteiger partial charge in [0.05, 0.1) is 5.71 Å². The second-order valence-electron chi connectivity index (χ2n) is 4.53. The fraction of sp³-hybridized carbons (Fsp3) is 0.545. The van der Waals surface area contributed by atoms with Crippen molar-refractivity contribution in [2.75, 3.05) is 0 Å². The number of fused-ring (bicyclic) bond motifs is 1. The van der Waals surface area contributed by atoms with Crippen LogP contribution in [0.25, 0.3) is 0 Å². The van der Waals surface area contributed by atoms with Gasteiger partial charge in [-0.15, -0.1) is 0 Å². The zero-order chi connectivity index (χ0) is 10.3. The number of rotatable bonds is 0. The van der Waals surface area contributed by atoms with E-state index < -0.39 is 0 Å². The molecular weight excluding hydrogens is 178 g/mol. The fourth-order valence-electron chi connectivity index (χ4n) is 2.05. The largest absolute Gasteiger partial charge is 0.466 e. The van der Waals surface area contributed by atoms with Gasteiger partial charge in [-0.3, -0.25) is 0 Å². The highest BCUT2D eigenvalue weighted by Gasteiger charge is 2.34. The van der Waals surface area contributed by atoms with E-state index in [-0.39, 0.29) is 5.41 Å². The van der Waals surface area contributed by atoms with Crippen molar-refractivity contribution in [2.45, 2.75) is 33.6 Å². The summed E-state index contributed by atoms with van der Waals surface area (Å²) in [6.07, 6.45) is 1.89. The van der Waals surface area contributed by atoms with E-state index in [0.29, 0.717) is 0 Å². The summed E-state index contributed by atoms with van der Waals surface area (Å²) in [5, 5.41) is 12.4. The molecule has 0 saturated heterocycles. The molecule has 0 aliphatic heterocycles. The molecule has 1 N–H and O–H groups in total. The number of hydrogen-bond acceptors (Lipinski definition) is 3. The van der Waals surface area contributed by atoms with Crippen molar-refractivity contribution in [1.29, 1.82) is 0 Å². The maximum absolute atomic E-state index is 9.03. The predicted octanol–water partition coefficient (Wildman–Crippen LogP) is 2.74. The Kier molecular flexibility index (Phi) is 1.91. The van der Waals surface area contributed by atoms with E-state index in [1.807, 2.05) is 13.0 Å². The Labute approximate surface area is 83.4 Å². The van der Waals surface area contributed by atoms with Crippen LogP contribution in [0.2, 0.25) is 0 Å². The molecule has 0 bridgehead atoms. The van der Waals surface area contributed by atoms with E-state index >= 15 is 0 Å². The number of oxime groups is 1. The fourth-order valence-corrected chi connectivity index (χ4v) is 2.05. The molecule has 0 amide bonds. The standard InChI is InChI=1S/C11H15NO2/c1-7-6-8-9(14-7)4-5-11(2,3)10(8)12-13/h6,13H,4-5H2,1-3H3/b12-10+. The van der Waals surface area contributed by atoms with Crippen molar-refractivity contribution in [2.24, 2.45) is 10.6 Å². The quantitative estimate of drug-likeness (QED) is 0.508. The number of hydrogen-bond donors (Lipinski definition) is 1.